The van der Waals surface area contributed by atoms with Gasteiger partial charge in [0.15, 0.2) is 0 Å². The van der Waals surface area contributed by atoms with E-state index < -0.39 is 17.7 Å². The third-order valence-electron chi connectivity index (χ3n) is 2.58. The van der Waals surface area contributed by atoms with Crippen LogP contribution < -0.4 is 0 Å². The predicted octanol–water partition coefficient (Wildman–Crippen LogP) is 0.909. The van der Waals surface area contributed by atoms with Crippen LogP contribution in [-0.4, -0.2) is 35.0 Å². The van der Waals surface area contributed by atoms with E-state index in [0.29, 0.717) is 18.5 Å². The van der Waals surface area contributed by atoms with Gasteiger partial charge in [0.25, 0.3) is 5.91 Å². The van der Waals surface area contributed by atoms with Gasteiger partial charge in [0.05, 0.1) is 5.56 Å². The van der Waals surface area contributed by atoms with Crippen molar-refractivity contribution in [1.29, 1.82) is 0 Å². The molecule has 0 unspecified atom stereocenters. The first-order valence-electron chi connectivity index (χ1n) is 4.88. The topological polar surface area (TPSA) is 57.6 Å². The average molecular weight is 223 g/mol. The first kappa shape index (κ1) is 10.6. The van der Waals surface area contributed by atoms with Crippen molar-refractivity contribution in [1.82, 2.24) is 4.90 Å². The van der Waals surface area contributed by atoms with Crippen LogP contribution in [0.15, 0.2) is 18.2 Å². The average Bonchev–Trinajstić information content (AvgIpc) is 2.22. The molecule has 0 saturated carbocycles. The van der Waals surface area contributed by atoms with Crippen molar-refractivity contribution in [3.05, 3.63) is 35.1 Å². The van der Waals surface area contributed by atoms with Crippen LogP contribution in [0.4, 0.5) is 4.39 Å². The summed E-state index contributed by atoms with van der Waals surface area (Å²) in [5.74, 6) is -2.22. The second kappa shape index (κ2) is 3.92. The van der Waals surface area contributed by atoms with E-state index in [-0.39, 0.29) is 12.1 Å². The molecule has 5 heteroatoms. The number of amides is 1. The van der Waals surface area contributed by atoms with Gasteiger partial charge < -0.3 is 10.0 Å². The maximum Gasteiger partial charge on any atom is 0.323 e. The molecule has 0 radical (unpaired) electrons. The molecule has 0 aliphatic carbocycles. The molecule has 1 aromatic carbocycles. The highest BCUT2D eigenvalue weighted by Crippen LogP contribution is 2.21. The Morgan fingerprint density at radius 3 is 2.94 bits per heavy atom. The molecule has 1 aromatic rings. The fraction of sp³-hybridized carbons (Fsp3) is 0.273. The van der Waals surface area contributed by atoms with Crippen molar-refractivity contribution in [2.24, 2.45) is 0 Å². The molecule has 1 amide bonds. The number of hydrogen-bond donors (Lipinski definition) is 1. The monoisotopic (exact) mass is 223 g/mol. The molecule has 2 rings (SSSR count). The van der Waals surface area contributed by atoms with Crippen molar-refractivity contribution in [2.45, 2.75) is 6.42 Å². The summed E-state index contributed by atoms with van der Waals surface area (Å²) >= 11 is 0. The van der Waals surface area contributed by atoms with Crippen LogP contribution in [-0.2, 0) is 11.2 Å². The first-order valence-corrected chi connectivity index (χ1v) is 4.88. The summed E-state index contributed by atoms with van der Waals surface area (Å²) in [5.41, 5.74) is 0.654. The van der Waals surface area contributed by atoms with E-state index in [1.54, 1.807) is 12.1 Å². The normalized spacial score (nSPS) is 14.8. The van der Waals surface area contributed by atoms with Crippen molar-refractivity contribution < 1.29 is 19.1 Å². The second-order valence-electron chi connectivity index (χ2n) is 3.64. The molecule has 0 fully saturated rings. The molecule has 16 heavy (non-hydrogen) atoms. The zero-order valence-electron chi connectivity index (χ0n) is 8.44. The molecule has 1 aliphatic rings. The SMILES string of the molecule is O=C(O)CN1CCc2cccc(F)c2C1=O. The minimum atomic E-state index is -1.09. The summed E-state index contributed by atoms with van der Waals surface area (Å²) in [6.07, 6.45) is 0.492. The van der Waals surface area contributed by atoms with Gasteiger partial charge in [0, 0.05) is 6.54 Å². The third-order valence-corrected chi connectivity index (χ3v) is 2.58. The van der Waals surface area contributed by atoms with E-state index in [4.69, 9.17) is 5.11 Å². The Bertz CT molecular complexity index is 459. The molecule has 4 nitrogen and oxygen atoms in total. The maximum absolute atomic E-state index is 13.4. The number of aliphatic carboxylic acids is 1. The van der Waals surface area contributed by atoms with E-state index in [2.05, 4.69) is 0 Å². The highest BCUT2D eigenvalue weighted by molar-refractivity contribution is 5.98. The molecule has 84 valence electrons. The van der Waals surface area contributed by atoms with E-state index in [1.165, 1.54) is 6.07 Å². The summed E-state index contributed by atoms with van der Waals surface area (Å²) in [7, 11) is 0. The summed E-state index contributed by atoms with van der Waals surface area (Å²) in [4.78, 5) is 23.5. The Labute approximate surface area is 91.3 Å². The van der Waals surface area contributed by atoms with Crippen LogP contribution in [0, 0.1) is 5.82 Å². The van der Waals surface area contributed by atoms with Gasteiger partial charge in [0.2, 0.25) is 0 Å². The zero-order chi connectivity index (χ0) is 11.7. The zero-order valence-corrected chi connectivity index (χ0v) is 8.44. The van der Waals surface area contributed by atoms with Crippen LogP contribution in [0.5, 0.6) is 0 Å². The fourth-order valence-electron chi connectivity index (χ4n) is 1.85. The van der Waals surface area contributed by atoms with Gasteiger partial charge in [-0.05, 0) is 18.1 Å². The number of carboxylic acid groups (broad SMARTS) is 1. The number of carbonyl (C=O) groups is 2. The fourth-order valence-corrected chi connectivity index (χ4v) is 1.85. The molecule has 0 atom stereocenters. The van der Waals surface area contributed by atoms with Gasteiger partial charge in [-0.3, -0.25) is 9.59 Å². The molecule has 0 aromatic heterocycles. The molecule has 1 heterocycles. The Kier molecular flexibility index (Phi) is 2.60. The minimum Gasteiger partial charge on any atom is -0.480 e. The van der Waals surface area contributed by atoms with Gasteiger partial charge in [-0.25, -0.2) is 4.39 Å². The molecule has 0 spiro atoms. The molecule has 1 N–H and O–H groups in total. The van der Waals surface area contributed by atoms with Crippen molar-refractivity contribution in [2.75, 3.05) is 13.1 Å². The summed E-state index contributed by atoms with van der Waals surface area (Å²) < 4.78 is 13.4. The number of carbonyl (C=O) groups excluding carboxylic acids is 1. The largest absolute Gasteiger partial charge is 0.480 e. The number of benzene rings is 1. The Morgan fingerprint density at radius 2 is 2.25 bits per heavy atom. The summed E-state index contributed by atoms with van der Waals surface area (Å²) in [5, 5.41) is 8.61. The van der Waals surface area contributed by atoms with Gasteiger partial charge in [0.1, 0.15) is 12.4 Å². The lowest BCUT2D eigenvalue weighted by Gasteiger charge is -2.27. The van der Waals surface area contributed by atoms with Crippen LogP contribution in [0.3, 0.4) is 0 Å². The number of hydrogen-bond acceptors (Lipinski definition) is 2. The molecule has 0 bridgehead atoms. The summed E-state index contributed by atoms with van der Waals surface area (Å²) in [6, 6.07) is 4.45. The lowest BCUT2D eigenvalue weighted by molar-refractivity contribution is -0.137. The number of fused-ring (bicyclic) bond motifs is 1. The van der Waals surface area contributed by atoms with Crippen LogP contribution >= 0.6 is 0 Å². The molecular formula is C11H10FNO3. The minimum absolute atomic E-state index is 0.00926. The van der Waals surface area contributed by atoms with E-state index in [0.717, 1.165) is 4.90 Å². The Morgan fingerprint density at radius 1 is 1.50 bits per heavy atom. The lowest BCUT2D eigenvalue weighted by Crippen LogP contribution is -2.41. The lowest BCUT2D eigenvalue weighted by atomic mass is 9.98. The highest BCUT2D eigenvalue weighted by Gasteiger charge is 2.28. The number of carboxylic acids is 1. The van der Waals surface area contributed by atoms with Crippen molar-refractivity contribution >= 4 is 11.9 Å². The standard InChI is InChI=1S/C11H10FNO3/c12-8-3-1-2-7-4-5-13(6-9(14)15)11(16)10(7)8/h1-3H,4-6H2,(H,14,15). The van der Waals surface area contributed by atoms with E-state index >= 15 is 0 Å². The first-order chi connectivity index (χ1) is 7.59. The maximum atomic E-state index is 13.4. The summed E-state index contributed by atoms with van der Waals surface area (Å²) in [6.45, 7) is -0.0613. The quantitative estimate of drug-likeness (QED) is 0.810. The van der Waals surface area contributed by atoms with Gasteiger partial charge >= 0.3 is 5.97 Å². The predicted molar refractivity (Wildman–Crippen MR) is 53.6 cm³/mol. The third kappa shape index (κ3) is 1.76. The van der Waals surface area contributed by atoms with Gasteiger partial charge in [-0.1, -0.05) is 12.1 Å². The number of nitrogens with zero attached hydrogens (tertiary/aromatic N) is 1. The Balaban J connectivity index is 2.34. The van der Waals surface area contributed by atoms with Crippen molar-refractivity contribution in [3.63, 3.8) is 0 Å². The van der Waals surface area contributed by atoms with Crippen LogP contribution in [0.2, 0.25) is 0 Å². The van der Waals surface area contributed by atoms with Gasteiger partial charge in [-0.15, -0.1) is 0 Å². The number of rotatable bonds is 2. The van der Waals surface area contributed by atoms with Crippen LogP contribution in [0.1, 0.15) is 15.9 Å². The van der Waals surface area contributed by atoms with Gasteiger partial charge in [-0.2, -0.15) is 0 Å². The Hall–Kier alpha value is -1.91. The smallest absolute Gasteiger partial charge is 0.323 e. The highest BCUT2D eigenvalue weighted by atomic mass is 19.1. The van der Waals surface area contributed by atoms with Crippen LogP contribution in [0.25, 0.3) is 0 Å². The second-order valence-corrected chi connectivity index (χ2v) is 3.64. The number of halogens is 1. The molecule has 1 aliphatic heterocycles. The van der Waals surface area contributed by atoms with E-state index in [1.807, 2.05) is 0 Å². The van der Waals surface area contributed by atoms with E-state index in [9.17, 15) is 14.0 Å². The molecular weight excluding hydrogens is 213 g/mol. The molecule has 0 saturated heterocycles. The van der Waals surface area contributed by atoms with Crippen molar-refractivity contribution in [3.8, 4) is 0 Å².